The molecular formula is C38H52ClF2N5O6S2. The minimum absolute atomic E-state index is 0.0175. The summed E-state index contributed by atoms with van der Waals surface area (Å²) < 4.78 is 92.4. The smallest absolute Gasteiger partial charge is 0.262 e. The maximum atomic E-state index is 13.6. The number of hydrogen-bond acceptors (Lipinski definition) is 8. The summed E-state index contributed by atoms with van der Waals surface area (Å²) in [5.41, 5.74) is 2.73. The molecule has 0 aliphatic carbocycles. The maximum Gasteiger partial charge on any atom is 0.262 e. The lowest BCUT2D eigenvalue weighted by Gasteiger charge is -2.26. The van der Waals surface area contributed by atoms with Gasteiger partial charge < -0.3 is 18.6 Å². The van der Waals surface area contributed by atoms with Crippen LogP contribution in [0.15, 0.2) is 46.2 Å². The van der Waals surface area contributed by atoms with Crippen LogP contribution in [0, 0.1) is 11.8 Å². The SMILES string of the molecule is CC(C)(C)c1nc2cc(S(=O)(=O)Cl)ccc2n1CC1CCOCC1.CC(C)(C)c1nc2cc(S(=O)(=O)N3CCC(F)(F)C3)ccc2n1CC1CCOCC1. The van der Waals surface area contributed by atoms with Gasteiger partial charge in [0.25, 0.3) is 15.0 Å². The minimum Gasteiger partial charge on any atom is -0.381 e. The van der Waals surface area contributed by atoms with Crippen LogP contribution in [0.4, 0.5) is 8.78 Å². The topological polar surface area (TPSA) is 126 Å². The van der Waals surface area contributed by atoms with Crippen LogP contribution in [0.25, 0.3) is 22.1 Å². The zero-order valence-corrected chi connectivity index (χ0v) is 34.3. The number of rotatable bonds is 7. The molecular weight excluding hydrogens is 760 g/mol. The summed E-state index contributed by atoms with van der Waals surface area (Å²) in [7, 11) is -2.26. The Hall–Kier alpha value is -2.69. The highest BCUT2D eigenvalue weighted by molar-refractivity contribution is 8.13. The van der Waals surface area contributed by atoms with E-state index in [0.29, 0.717) is 22.9 Å². The van der Waals surface area contributed by atoms with Gasteiger partial charge in [-0.25, -0.2) is 35.6 Å². The number of ether oxygens (including phenoxy) is 2. The molecule has 3 aliphatic rings. The second-order valence-corrected chi connectivity index (χ2v) is 21.4. The first-order valence-electron chi connectivity index (χ1n) is 18.6. The van der Waals surface area contributed by atoms with Crippen molar-refractivity contribution in [3.8, 4) is 0 Å². The average molecular weight is 812 g/mol. The molecule has 54 heavy (non-hydrogen) atoms. The average Bonchev–Trinajstić information content (AvgIpc) is 3.78. The molecule has 16 heteroatoms. The van der Waals surface area contributed by atoms with Crippen molar-refractivity contribution in [2.75, 3.05) is 39.5 Å². The minimum atomic E-state index is -3.98. The second kappa shape index (κ2) is 15.3. The zero-order valence-electron chi connectivity index (χ0n) is 31.9. The van der Waals surface area contributed by atoms with E-state index in [9.17, 15) is 25.6 Å². The molecule has 3 saturated heterocycles. The molecule has 0 radical (unpaired) electrons. The molecule has 7 rings (SSSR count). The van der Waals surface area contributed by atoms with E-state index in [1.54, 1.807) is 18.2 Å². The Morgan fingerprint density at radius 1 is 0.741 bits per heavy atom. The van der Waals surface area contributed by atoms with Crippen LogP contribution in [0.1, 0.15) is 85.3 Å². The first kappa shape index (κ1) is 41.0. The fourth-order valence-corrected chi connectivity index (χ4v) is 9.74. The van der Waals surface area contributed by atoms with Crippen molar-refractivity contribution < 1.29 is 35.1 Å². The van der Waals surface area contributed by atoms with Gasteiger partial charge in [0.1, 0.15) is 11.6 Å². The Kier molecular flexibility index (Phi) is 11.6. The quantitative estimate of drug-likeness (QED) is 0.176. The van der Waals surface area contributed by atoms with Crippen molar-refractivity contribution in [2.45, 2.75) is 113 Å². The van der Waals surface area contributed by atoms with Crippen LogP contribution in [0.5, 0.6) is 0 Å². The number of hydrogen-bond donors (Lipinski definition) is 0. The van der Waals surface area contributed by atoms with E-state index in [2.05, 4.69) is 50.7 Å². The summed E-state index contributed by atoms with van der Waals surface area (Å²) in [5.74, 6) is -0.0810. The second-order valence-electron chi connectivity index (χ2n) is 16.9. The Morgan fingerprint density at radius 2 is 1.17 bits per heavy atom. The van der Waals surface area contributed by atoms with E-state index in [4.69, 9.17) is 30.1 Å². The van der Waals surface area contributed by atoms with Crippen molar-refractivity contribution >= 4 is 51.8 Å². The van der Waals surface area contributed by atoms with Crippen LogP contribution in [-0.2, 0) is 52.5 Å². The van der Waals surface area contributed by atoms with E-state index < -0.39 is 38.0 Å². The van der Waals surface area contributed by atoms with Gasteiger partial charge in [0.2, 0.25) is 10.0 Å². The third-order valence-corrected chi connectivity index (χ3v) is 13.6. The molecule has 5 heterocycles. The Bertz CT molecular complexity index is 2200. The van der Waals surface area contributed by atoms with Gasteiger partial charge in [-0.05, 0) is 73.9 Å². The van der Waals surface area contributed by atoms with Gasteiger partial charge in [-0.3, -0.25) is 0 Å². The van der Waals surface area contributed by atoms with Gasteiger partial charge in [-0.2, -0.15) is 4.31 Å². The normalized spacial score (nSPS) is 19.7. The fraction of sp³-hybridized carbons (Fsp3) is 0.632. The van der Waals surface area contributed by atoms with E-state index >= 15 is 0 Å². The Balaban J connectivity index is 0.000000189. The molecule has 2 aromatic carbocycles. The summed E-state index contributed by atoms with van der Waals surface area (Å²) in [6.07, 6.45) is 3.61. The molecule has 0 atom stereocenters. The third kappa shape index (κ3) is 9.12. The molecule has 4 aromatic rings. The van der Waals surface area contributed by atoms with Crippen LogP contribution < -0.4 is 0 Å². The van der Waals surface area contributed by atoms with Crippen LogP contribution in [0.3, 0.4) is 0 Å². The molecule has 2 aromatic heterocycles. The van der Waals surface area contributed by atoms with Gasteiger partial charge in [-0.15, -0.1) is 0 Å². The first-order chi connectivity index (χ1) is 25.1. The molecule has 0 bridgehead atoms. The lowest BCUT2D eigenvalue weighted by atomic mass is 9.94. The lowest BCUT2D eigenvalue weighted by Crippen LogP contribution is -2.31. The van der Waals surface area contributed by atoms with Gasteiger partial charge in [-0.1, -0.05) is 41.5 Å². The van der Waals surface area contributed by atoms with Gasteiger partial charge >= 0.3 is 0 Å². The molecule has 298 valence electrons. The van der Waals surface area contributed by atoms with Gasteiger partial charge in [0.05, 0.1) is 38.4 Å². The lowest BCUT2D eigenvalue weighted by molar-refractivity contribution is 0.0183. The highest BCUT2D eigenvalue weighted by Crippen LogP contribution is 2.35. The van der Waals surface area contributed by atoms with Gasteiger partial charge in [0.15, 0.2) is 0 Å². The number of benzene rings is 2. The summed E-state index contributed by atoms with van der Waals surface area (Å²) >= 11 is 0. The van der Waals surface area contributed by atoms with Crippen LogP contribution in [0.2, 0.25) is 0 Å². The summed E-state index contributed by atoms with van der Waals surface area (Å²) in [4.78, 5) is 9.62. The summed E-state index contributed by atoms with van der Waals surface area (Å²) in [6, 6.07) is 9.73. The van der Waals surface area contributed by atoms with Gasteiger partial charge in [0, 0.05) is 74.0 Å². The summed E-state index contributed by atoms with van der Waals surface area (Å²) in [5, 5.41) is 0. The van der Waals surface area contributed by atoms with E-state index in [1.807, 2.05) is 6.07 Å². The Morgan fingerprint density at radius 3 is 1.56 bits per heavy atom. The van der Waals surface area contributed by atoms with Crippen LogP contribution >= 0.6 is 10.7 Å². The van der Waals surface area contributed by atoms with Crippen LogP contribution in [-0.4, -0.2) is 85.7 Å². The predicted octanol–water partition coefficient (Wildman–Crippen LogP) is 7.48. The number of imidazole rings is 2. The highest BCUT2D eigenvalue weighted by Gasteiger charge is 2.44. The maximum absolute atomic E-state index is 13.6. The third-order valence-electron chi connectivity index (χ3n) is 10.4. The molecule has 0 N–H and O–H groups in total. The van der Waals surface area contributed by atoms with Crippen molar-refractivity contribution in [1.29, 1.82) is 0 Å². The fourth-order valence-electron chi connectivity index (χ4n) is 7.48. The molecule has 0 spiro atoms. The predicted molar refractivity (Wildman–Crippen MR) is 205 cm³/mol. The van der Waals surface area contributed by atoms with Crippen molar-refractivity contribution in [2.24, 2.45) is 11.8 Å². The van der Waals surface area contributed by atoms with E-state index in [-0.39, 0.29) is 27.2 Å². The molecule has 0 unspecified atom stereocenters. The number of fused-ring (bicyclic) bond motifs is 2. The monoisotopic (exact) mass is 811 g/mol. The molecule has 3 aliphatic heterocycles. The number of sulfonamides is 1. The first-order valence-corrected chi connectivity index (χ1v) is 22.4. The highest BCUT2D eigenvalue weighted by atomic mass is 35.7. The standard InChI is InChI=1S/C21H29F2N3O3S.C17H23ClN2O3S/c1-20(2,3)19-24-17-12-16(30(27,28)25-9-8-21(22,23)14-25)4-5-18(17)26(19)13-15-6-10-29-11-7-15;1-17(2,3)16-19-14-10-13(24(18,21)22)4-5-15(14)20(16)11-12-6-8-23-9-7-12/h4-5,12,15H,6-11,13-14H2,1-3H3;4-5,10,12H,6-9,11H2,1-3H3. The molecule has 11 nitrogen and oxygen atoms in total. The number of halogens is 3. The van der Waals surface area contributed by atoms with Crippen molar-refractivity contribution in [3.05, 3.63) is 48.0 Å². The van der Waals surface area contributed by atoms with E-state index in [0.717, 1.165) is 92.2 Å². The number of alkyl halides is 2. The summed E-state index contributed by atoms with van der Waals surface area (Å²) in [6.45, 7) is 16.5. The Labute approximate surface area is 321 Å². The molecule has 0 saturated carbocycles. The largest absolute Gasteiger partial charge is 0.381 e. The number of aromatic nitrogens is 4. The molecule has 0 amide bonds. The zero-order chi connectivity index (χ0) is 39.3. The van der Waals surface area contributed by atoms with Crippen molar-refractivity contribution in [1.82, 2.24) is 23.4 Å². The number of nitrogens with zero attached hydrogens (tertiary/aromatic N) is 5. The van der Waals surface area contributed by atoms with Crippen molar-refractivity contribution in [3.63, 3.8) is 0 Å². The van der Waals surface area contributed by atoms with E-state index in [1.165, 1.54) is 12.1 Å². The molecule has 3 fully saturated rings.